The number of benzene rings is 1. The highest BCUT2D eigenvalue weighted by Gasteiger charge is 2.43. The Labute approximate surface area is 220 Å². The van der Waals surface area contributed by atoms with Crippen molar-refractivity contribution in [1.82, 2.24) is 25.0 Å². The van der Waals surface area contributed by atoms with Crippen LogP contribution in [0.2, 0.25) is 5.02 Å². The van der Waals surface area contributed by atoms with Gasteiger partial charge < -0.3 is 24.6 Å². The van der Waals surface area contributed by atoms with Crippen molar-refractivity contribution < 1.29 is 23.9 Å². The van der Waals surface area contributed by atoms with E-state index in [-0.39, 0.29) is 42.9 Å². The normalized spacial score (nSPS) is 24.3. The number of amides is 3. The number of carbonyl (C=O) groups excluding carboxylic acids is 3. The minimum Gasteiger partial charge on any atom is -0.475 e. The third-order valence-electron chi connectivity index (χ3n) is 7.17. The first-order valence-corrected chi connectivity index (χ1v) is 12.8. The van der Waals surface area contributed by atoms with Gasteiger partial charge in [-0.05, 0) is 30.2 Å². The van der Waals surface area contributed by atoms with Crippen LogP contribution in [0.15, 0.2) is 42.6 Å². The minimum absolute atomic E-state index is 0.0258. The van der Waals surface area contributed by atoms with E-state index >= 15 is 0 Å². The molecule has 2 fully saturated rings. The number of ether oxygens (including phenoxy) is 2. The third kappa shape index (κ3) is 5.41. The minimum atomic E-state index is -0.446. The lowest BCUT2D eigenvalue weighted by molar-refractivity contribution is -0.148. The fourth-order valence-electron chi connectivity index (χ4n) is 5.32. The number of methoxy groups -OCH3 is 1. The molecule has 0 spiro atoms. The Morgan fingerprint density at radius 1 is 1.19 bits per heavy atom. The summed E-state index contributed by atoms with van der Waals surface area (Å²) in [5, 5.41) is 3.71. The smallest absolute Gasteiger partial charge is 0.257 e. The van der Waals surface area contributed by atoms with E-state index in [1.807, 2.05) is 29.2 Å². The largest absolute Gasteiger partial charge is 0.475 e. The number of nitrogens with one attached hydrogen (secondary N) is 1. The molecule has 1 N–H and O–H groups in total. The van der Waals surface area contributed by atoms with Gasteiger partial charge >= 0.3 is 0 Å². The summed E-state index contributed by atoms with van der Waals surface area (Å²) in [6.07, 6.45) is 2.04. The Morgan fingerprint density at radius 3 is 2.84 bits per heavy atom. The Balaban J connectivity index is 1.47. The molecule has 1 aromatic heterocycles. The molecule has 2 aromatic rings. The van der Waals surface area contributed by atoms with Gasteiger partial charge in [0.1, 0.15) is 18.8 Å². The van der Waals surface area contributed by atoms with Crippen LogP contribution in [-0.2, 0) is 20.9 Å². The lowest BCUT2D eigenvalue weighted by atomic mass is 10.1. The number of halogens is 1. The predicted octanol–water partition coefficient (Wildman–Crippen LogP) is 1.19. The highest BCUT2D eigenvalue weighted by molar-refractivity contribution is 6.31. The zero-order valence-corrected chi connectivity index (χ0v) is 21.4. The van der Waals surface area contributed by atoms with Crippen LogP contribution in [0.5, 0.6) is 5.88 Å². The Hall–Kier alpha value is -3.21. The van der Waals surface area contributed by atoms with Gasteiger partial charge in [0.05, 0.1) is 12.1 Å². The van der Waals surface area contributed by atoms with Crippen molar-refractivity contribution >= 4 is 29.3 Å². The first-order valence-electron chi connectivity index (χ1n) is 12.4. The number of hydrogen-bond acceptors (Lipinski definition) is 7. The van der Waals surface area contributed by atoms with Crippen LogP contribution in [0, 0.1) is 0 Å². The highest BCUT2D eigenvalue weighted by atomic mass is 35.5. The maximum absolute atomic E-state index is 14.0. The van der Waals surface area contributed by atoms with E-state index in [2.05, 4.69) is 15.2 Å². The third-order valence-corrected chi connectivity index (χ3v) is 7.54. The maximum atomic E-state index is 14.0. The molecule has 3 atom stereocenters. The number of aromatic nitrogens is 1. The van der Waals surface area contributed by atoms with Gasteiger partial charge in [-0.1, -0.05) is 29.8 Å². The van der Waals surface area contributed by atoms with Gasteiger partial charge in [-0.3, -0.25) is 19.3 Å². The number of hydrogen-bond donors (Lipinski definition) is 1. The second-order valence-corrected chi connectivity index (χ2v) is 9.98. The summed E-state index contributed by atoms with van der Waals surface area (Å²) >= 11 is 6.44. The van der Waals surface area contributed by atoms with Crippen molar-refractivity contribution in [3.05, 3.63) is 58.7 Å². The lowest BCUT2D eigenvalue weighted by Crippen LogP contribution is -2.61. The van der Waals surface area contributed by atoms with E-state index in [0.717, 1.165) is 5.56 Å². The van der Waals surface area contributed by atoms with Crippen molar-refractivity contribution in [1.29, 1.82) is 0 Å². The van der Waals surface area contributed by atoms with Crippen LogP contribution in [0.25, 0.3) is 0 Å². The second kappa shape index (κ2) is 11.0. The molecule has 2 bridgehead atoms. The molecule has 5 rings (SSSR count). The average Bonchev–Trinajstić information content (AvgIpc) is 3.30. The van der Waals surface area contributed by atoms with Gasteiger partial charge in [-0.2, -0.15) is 0 Å². The fourth-order valence-corrected chi connectivity index (χ4v) is 5.52. The zero-order valence-electron chi connectivity index (χ0n) is 20.6. The SMILES string of the molecule is COCC(=O)N1CCN2C(=O)[C@@H]3C[C@@H](CN3Cc3ccccc3Cl)NC(=O)c3cccnc3OC[C@@H]2C1. The van der Waals surface area contributed by atoms with Crippen LogP contribution >= 0.6 is 11.6 Å². The van der Waals surface area contributed by atoms with Crippen LogP contribution in [0.3, 0.4) is 0 Å². The molecular formula is C26H30ClN5O5. The number of rotatable bonds is 4. The Bertz CT molecular complexity index is 1180. The monoisotopic (exact) mass is 527 g/mol. The molecule has 3 aliphatic rings. The van der Waals surface area contributed by atoms with Crippen molar-refractivity contribution in [3.63, 3.8) is 0 Å². The number of likely N-dealkylation sites (tertiary alicyclic amines) is 1. The Morgan fingerprint density at radius 2 is 2.03 bits per heavy atom. The van der Waals surface area contributed by atoms with E-state index in [1.54, 1.807) is 23.2 Å². The molecule has 0 radical (unpaired) electrons. The average molecular weight is 528 g/mol. The molecule has 0 aliphatic carbocycles. The fraction of sp³-hybridized carbons (Fsp3) is 0.462. The standard InChI is InChI=1S/C26H30ClN5O5/c1-36-16-23(33)30-9-10-32-19(14-30)15-37-25-20(6-4-8-28-25)24(34)29-18-11-22(26(32)35)31(13-18)12-17-5-2-3-7-21(17)27/h2-8,18-19,22H,9-16H2,1H3,(H,29,34)/t18-,19-,22-/m0/s1. The molecule has 4 heterocycles. The van der Waals surface area contributed by atoms with E-state index in [0.29, 0.717) is 49.7 Å². The van der Waals surface area contributed by atoms with E-state index in [1.165, 1.54) is 7.11 Å². The summed E-state index contributed by atoms with van der Waals surface area (Å²) < 4.78 is 11.0. The van der Waals surface area contributed by atoms with E-state index in [9.17, 15) is 14.4 Å². The number of carbonyl (C=O) groups is 3. The van der Waals surface area contributed by atoms with Gasteiger partial charge in [0, 0.05) is 57.1 Å². The predicted molar refractivity (Wildman–Crippen MR) is 135 cm³/mol. The van der Waals surface area contributed by atoms with Crippen LogP contribution in [-0.4, -0.2) is 102 Å². The number of pyridine rings is 1. The molecule has 196 valence electrons. The molecule has 10 nitrogen and oxygen atoms in total. The van der Waals surface area contributed by atoms with Gasteiger partial charge in [-0.15, -0.1) is 0 Å². The summed E-state index contributed by atoms with van der Waals surface area (Å²) in [5.41, 5.74) is 1.26. The van der Waals surface area contributed by atoms with Crippen molar-refractivity contribution in [3.8, 4) is 5.88 Å². The lowest BCUT2D eigenvalue weighted by Gasteiger charge is -2.43. The number of nitrogens with zero attached hydrogens (tertiary/aromatic N) is 4. The van der Waals surface area contributed by atoms with Gasteiger partial charge in [0.25, 0.3) is 5.91 Å². The molecule has 1 aromatic carbocycles. The number of piperazine rings is 1. The first kappa shape index (κ1) is 25.4. The Kier molecular flexibility index (Phi) is 7.59. The highest BCUT2D eigenvalue weighted by Crippen LogP contribution is 2.28. The molecule has 37 heavy (non-hydrogen) atoms. The van der Waals surface area contributed by atoms with Crippen molar-refractivity contribution in [2.75, 3.05) is 46.5 Å². The first-order chi connectivity index (χ1) is 17.9. The molecule has 0 saturated carbocycles. The van der Waals surface area contributed by atoms with Gasteiger partial charge in [0.2, 0.25) is 17.7 Å². The second-order valence-electron chi connectivity index (χ2n) is 9.57. The molecule has 11 heteroatoms. The maximum Gasteiger partial charge on any atom is 0.257 e. The van der Waals surface area contributed by atoms with Crippen LogP contribution in [0.4, 0.5) is 0 Å². The summed E-state index contributed by atoms with van der Waals surface area (Å²) in [7, 11) is 1.48. The summed E-state index contributed by atoms with van der Waals surface area (Å²) in [5.74, 6) is -0.273. The molecule has 2 saturated heterocycles. The summed E-state index contributed by atoms with van der Waals surface area (Å²) in [6.45, 7) is 2.15. The van der Waals surface area contributed by atoms with E-state index < -0.39 is 12.1 Å². The number of fused-ring (bicyclic) bond motifs is 4. The van der Waals surface area contributed by atoms with Gasteiger partial charge in [0.15, 0.2) is 0 Å². The van der Waals surface area contributed by atoms with Crippen molar-refractivity contribution in [2.24, 2.45) is 0 Å². The van der Waals surface area contributed by atoms with Crippen LogP contribution in [0.1, 0.15) is 22.3 Å². The molecule has 0 unspecified atom stereocenters. The zero-order chi connectivity index (χ0) is 25.9. The molecule has 3 amide bonds. The topological polar surface area (TPSA) is 104 Å². The quantitative estimate of drug-likeness (QED) is 0.637. The molecular weight excluding hydrogens is 498 g/mol. The van der Waals surface area contributed by atoms with Gasteiger partial charge in [-0.25, -0.2) is 4.98 Å². The van der Waals surface area contributed by atoms with Crippen LogP contribution < -0.4 is 10.1 Å². The van der Waals surface area contributed by atoms with E-state index in [4.69, 9.17) is 21.1 Å². The summed E-state index contributed by atoms with van der Waals surface area (Å²) in [4.78, 5) is 49.6. The summed E-state index contributed by atoms with van der Waals surface area (Å²) in [6, 6.07) is 9.85. The van der Waals surface area contributed by atoms with Crippen molar-refractivity contribution in [2.45, 2.75) is 31.1 Å². The molecule has 3 aliphatic heterocycles.